The van der Waals surface area contributed by atoms with E-state index < -0.39 is 5.97 Å². The number of nitrogens with one attached hydrogen (secondary N) is 2. The third-order valence-corrected chi connectivity index (χ3v) is 4.43. The van der Waals surface area contributed by atoms with Crippen molar-refractivity contribution in [3.63, 3.8) is 0 Å². The van der Waals surface area contributed by atoms with Gasteiger partial charge in [-0.1, -0.05) is 6.92 Å². The summed E-state index contributed by atoms with van der Waals surface area (Å²) in [5.41, 5.74) is 2.62. The van der Waals surface area contributed by atoms with Crippen LogP contribution in [0.25, 0.3) is 0 Å². The Morgan fingerprint density at radius 2 is 2.14 bits per heavy atom. The lowest BCUT2D eigenvalue weighted by Crippen LogP contribution is -2.16. The van der Waals surface area contributed by atoms with E-state index in [1.165, 1.54) is 11.3 Å². The first-order valence-electron chi connectivity index (χ1n) is 6.58. The first kappa shape index (κ1) is 15.2. The Kier molecular flexibility index (Phi) is 4.42. The molecule has 2 rings (SSSR count). The van der Waals surface area contributed by atoms with Crippen LogP contribution in [0.4, 0.5) is 5.00 Å². The molecule has 7 heteroatoms. The maximum atomic E-state index is 12.1. The van der Waals surface area contributed by atoms with Gasteiger partial charge in [0.15, 0.2) is 0 Å². The molecule has 0 aliphatic carbocycles. The van der Waals surface area contributed by atoms with Gasteiger partial charge in [-0.15, -0.1) is 11.3 Å². The number of nitrogens with zero attached hydrogens (tertiary/aromatic N) is 1. The van der Waals surface area contributed by atoms with E-state index in [2.05, 4.69) is 15.5 Å². The number of amides is 1. The van der Waals surface area contributed by atoms with Gasteiger partial charge in [0.25, 0.3) is 0 Å². The highest BCUT2D eigenvalue weighted by Crippen LogP contribution is 2.28. The normalized spacial score (nSPS) is 10.6. The Morgan fingerprint density at radius 1 is 1.43 bits per heavy atom. The lowest BCUT2D eigenvalue weighted by atomic mass is 10.1. The molecular weight excluding hydrogens is 290 g/mol. The molecule has 0 saturated carbocycles. The van der Waals surface area contributed by atoms with Gasteiger partial charge in [-0.25, -0.2) is 4.79 Å². The average Bonchev–Trinajstić information content (AvgIpc) is 2.97. The molecule has 21 heavy (non-hydrogen) atoms. The number of carbonyl (C=O) groups is 2. The molecule has 0 bridgehead atoms. The summed E-state index contributed by atoms with van der Waals surface area (Å²) in [4.78, 5) is 24.2. The second-order valence-electron chi connectivity index (χ2n) is 4.75. The monoisotopic (exact) mass is 307 g/mol. The van der Waals surface area contributed by atoms with Gasteiger partial charge in [0.05, 0.1) is 17.7 Å². The van der Waals surface area contributed by atoms with Crippen molar-refractivity contribution in [3.8, 4) is 0 Å². The van der Waals surface area contributed by atoms with Crippen molar-refractivity contribution in [2.75, 3.05) is 5.32 Å². The van der Waals surface area contributed by atoms with Crippen LogP contribution in [0.3, 0.4) is 0 Å². The van der Waals surface area contributed by atoms with E-state index in [9.17, 15) is 14.7 Å². The van der Waals surface area contributed by atoms with E-state index in [1.54, 1.807) is 6.07 Å². The van der Waals surface area contributed by atoms with E-state index in [0.717, 1.165) is 28.2 Å². The van der Waals surface area contributed by atoms with Gasteiger partial charge in [0.2, 0.25) is 5.91 Å². The molecular formula is C14H17N3O3S. The fourth-order valence-electron chi connectivity index (χ4n) is 2.03. The number of anilines is 1. The number of aromatic nitrogens is 2. The molecule has 1 amide bonds. The number of carboxylic acid groups (broad SMARTS) is 1. The largest absolute Gasteiger partial charge is 0.478 e. The molecule has 0 aliphatic heterocycles. The van der Waals surface area contributed by atoms with Gasteiger partial charge in [0, 0.05) is 16.1 Å². The molecule has 0 unspecified atom stereocenters. The highest BCUT2D eigenvalue weighted by Gasteiger charge is 2.18. The predicted octanol–water partition coefficient (Wildman–Crippen LogP) is 2.53. The molecule has 0 aromatic carbocycles. The summed E-state index contributed by atoms with van der Waals surface area (Å²) < 4.78 is 0. The fourth-order valence-corrected chi connectivity index (χ4v) is 3.04. The van der Waals surface area contributed by atoms with Crippen LogP contribution >= 0.6 is 11.3 Å². The molecule has 2 heterocycles. The van der Waals surface area contributed by atoms with Crippen molar-refractivity contribution in [1.82, 2.24) is 10.2 Å². The van der Waals surface area contributed by atoms with Gasteiger partial charge in [0.1, 0.15) is 5.00 Å². The van der Waals surface area contributed by atoms with Crippen LogP contribution in [0.1, 0.15) is 39.1 Å². The molecule has 0 saturated heterocycles. The highest BCUT2D eigenvalue weighted by molar-refractivity contribution is 7.16. The Hall–Kier alpha value is -2.15. The Balaban J connectivity index is 2.16. The Labute approximate surface area is 126 Å². The van der Waals surface area contributed by atoms with Crippen molar-refractivity contribution in [3.05, 3.63) is 33.5 Å². The molecule has 0 aliphatic rings. The quantitative estimate of drug-likeness (QED) is 0.791. The zero-order valence-electron chi connectivity index (χ0n) is 12.1. The van der Waals surface area contributed by atoms with Crippen LogP contribution in [0.5, 0.6) is 0 Å². The minimum absolute atomic E-state index is 0.144. The topological polar surface area (TPSA) is 95.1 Å². The van der Waals surface area contributed by atoms with E-state index in [4.69, 9.17) is 0 Å². The SMILES string of the molecule is CCc1cc(C(=O)O)c(NC(=O)Cc2c(C)n[nH]c2C)s1. The molecule has 6 nitrogen and oxygen atoms in total. The molecule has 2 aromatic heterocycles. The number of carboxylic acids is 1. The van der Waals surface area contributed by atoms with Crippen LogP contribution in [0.15, 0.2) is 6.07 Å². The summed E-state index contributed by atoms with van der Waals surface area (Å²) >= 11 is 1.30. The van der Waals surface area contributed by atoms with Crippen LogP contribution < -0.4 is 5.32 Å². The van der Waals surface area contributed by atoms with Crippen molar-refractivity contribution in [2.45, 2.75) is 33.6 Å². The summed E-state index contributed by atoms with van der Waals surface area (Å²) in [5, 5.41) is 19.1. The predicted molar refractivity (Wildman–Crippen MR) is 81.1 cm³/mol. The molecule has 3 N–H and O–H groups in total. The standard InChI is InChI=1S/C14H17N3O3S/c1-4-9-5-11(14(19)20)13(21-9)15-12(18)6-10-7(2)16-17-8(10)3/h5H,4,6H2,1-3H3,(H,15,18)(H,16,17)(H,19,20). The zero-order chi connectivity index (χ0) is 15.6. The summed E-state index contributed by atoms with van der Waals surface area (Å²) in [6.45, 7) is 5.63. The lowest BCUT2D eigenvalue weighted by Gasteiger charge is -2.04. The maximum Gasteiger partial charge on any atom is 0.338 e. The Bertz CT molecular complexity index is 668. The van der Waals surface area contributed by atoms with Gasteiger partial charge in [-0.3, -0.25) is 9.89 Å². The van der Waals surface area contributed by atoms with Crippen molar-refractivity contribution >= 4 is 28.2 Å². The van der Waals surface area contributed by atoms with Crippen LogP contribution in [0.2, 0.25) is 0 Å². The average molecular weight is 307 g/mol. The lowest BCUT2D eigenvalue weighted by molar-refractivity contribution is -0.115. The molecule has 2 aromatic rings. The van der Waals surface area contributed by atoms with Crippen molar-refractivity contribution in [2.24, 2.45) is 0 Å². The highest BCUT2D eigenvalue weighted by atomic mass is 32.1. The molecule has 0 fully saturated rings. The van der Waals surface area contributed by atoms with E-state index in [-0.39, 0.29) is 17.9 Å². The summed E-state index contributed by atoms with van der Waals surface area (Å²) in [5.74, 6) is -1.27. The molecule has 0 radical (unpaired) electrons. The fraction of sp³-hybridized carbons (Fsp3) is 0.357. The van der Waals surface area contributed by atoms with Crippen molar-refractivity contribution in [1.29, 1.82) is 0 Å². The first-order valence-corrected chi connectivity index (χ1v) is 7.40. The number of hydrogen-bond acceptors (Lipinski definition) is 4. The number of hydrogen-bond donors (Lipinski definition) is 3. The zero-order valence-corrected chi connectivity index (χ0v) is 12.9. The first-order chi connectivity index (χ1) is 9.92. The molecule has 112 valence electrons. The molecule has 0 spiro atoms. The van der Waals surface area contributed by atoms with E-state index in [0.29, 0.717) is 5.00 Å². The Morgan fingerprint density at radius 3 is 2.67 bits per heavy atom. The summed E-state index contributed by atoms with van der Waals surface area (Å²) in [7, 11) is 0. The third kappa shape index (κ3) is 3.30. The van der Waals surface area contributed by atoms with E-state index in [1.807, 2.05) is 20.8 Å². The summed E-state index contributed by atoms with van der Waals surface area (Å²) in [6.07, 6.45) is 0.910. The summed E-state index contributed by atoms with van der Waals surface area (Å²) in [6, 6.07) is 1.61. The smallest absolute Gasteiger partial charge is 0.338 e. The third-order valence-electron chi connectivity index (χ3n) is 3.23. The van der Waals surface area contributed by atoms with Crippen molar-refractivity contribution < 1.29 is 14.7 Å². The number of aromatic amines is 1. The number of thiophene rings is 1. The van der Waals surface area contributed by atoms with E-state index >= 15 is 0 Å². The molecule has 0 atom stereocenters. The minimum atomic E-state index is -1.03. The maximum absolute atomic E-state index is 12.1. The second-order valence-corrected chi connectivity index (χ2v) is 5.89. The van der Waals surface area contributed by atoms with Crippen LogP contribution in [-0.2, 0) is 17.6 Å². The minimum Gasteiger partial charge on any atom is -0.478 e. The van der Waals surface area contributed by atoms with Gasteiger partial charge >= 0.3 is 5.97 Å². The van der Waals surface area contributed by atoms with Gasteiger partial charge < -0.3 is 10.4 Å². The number of carbonyl (C=O) groups excluding carboxylic acids is 1. The number of H-pyrrole nitrogens is 1. The van der Waals surface area contributed by atoms with Crippen LogP contribution in [-0.4, -0.2) is 27.2 Å². The number of aromatic carboxylic acids is 1. The van der Waals surface area contributed by atoms with Gasteiger partial charge in [-0.05, 0) is 26.3 Å². The second kappa shape index (κ2) is 6.09. The number of aryl methyl sites for hydroxylation is 3. The van der Waals surface area contributed by atoms with Crippen LogP contribution in [0, 0.1) is 13.8 Å². The number of rotatable bonds is 5. The van der Waals surface area contributed by atoms with Gasteiger partial charge in [-0.2, -0.15) is 5.10 Å².